The van der Waals surface area contributed by atoms with E-state index < -0.39 is 24.4 Å². The molecule has 0 spiro atoms. The minimum absolute atomic E-state index is 0.0850. The minimum atomic E-state index is -0.579. The number of thiophene rings is 1. The van der Waals surface area contributed by atoms with Crippen molar-refractivity contribution in [2.24, 2.45) is 11.8 Å². The monoisotopic (exact) mass is 451 g/mol. The lowest BCUT2D eigenvalue weighted by atomic mass is 9.89. The van der Waals surface area contributed by atoms with Crippen LogP contribution in [0, 0.1) is 23.2 Å². The van der Waals surface area contributed by atoms with E-state index >= 15 is 0 Å². The second-order valence-corrected chi connectivity index (χ2v) is 9.59. The Hall–Kier alpha value is -3.18. The summed E-state index contributed by atoms with van der Waals surface area (Å²) >= 11 is 1.43. The Morgan fingerprint density at radius 2 is 2.06 bits per heavy atom. The number of rotatable bonds is 6. The van der Waals surface area contributed by atoms with E-state index in [1.165, 1.54) is 11.3 Å². The number of benzene rings is 1. The molecular formula is C24H25N3O4S. The van der Waals surface area contributed by atoms with Gasteiger partial charge in [-0.15, -0.1) is 11.3 Å². The normalized spacial score (nSPS) is 19.9. The van der Waals surface area contributed by atoms with E-state index in [0.717, 1.165) is 35.3 Å². The molecule has 2 heterocycles. The molecule has 1 saturated heterocycles. The molecular weight excluding hydrogens is 426 g/mol. The molecule has 1 aliphatic heterocycles. The van der Waals surface area contributed by atoms with Crippen molar-refractivity contribution in [1.82, 2.24) is 4.90 Å². The van der Waals surface area contributed by atoms with Crippen LogP contribution < -0.4 is 5.32 Å². The van der Waals surface area contributed by atoms with Crippen LogP contribution in [0.25, 0.3) is 0 Å². The zero-order valence-electron chi connectivity index (χ0n) is 17.9. The number of hydrogen-bond acceptors (Lipinski definition) is 6. The first-order valence-corrected chi connectivity index (χ1v) is 11.6. The summed E-state index contributed by atoms with van der Waals surface area (Å²) in [7, 11) is 0. The number of carbonyl (C=O) groups excluding carboxylic acids is 3. The topological polar surface area (TPSA) is 99.5 Å². The first-order valence-electron chi connectivity index (χ1n) is 10.8. The van der Waals surface area contributed by atoms with E-state index in [1.54, 1.807) is 4.90 Å². The van der Waals surface area contributed by atoms with Crippen LogP contribution in [0.5, 0.6) is 0 Å². The van der Waals surface area contributed by atoms with E-state index in [-0.39, 0.29) is 18.9 Å². The molecule has 2 aromatic rings. The Morgan fingerprint density at radius 3 is 2.81 bits per heavy atom. The Balaban J connectivity index is 1.30. The van der Waals surface area contributed by atoms with Crippen molar-refractivity contribution in [2.75, 3.05) is 18.5 Å². The van der Waals surface area contributed by atoms with E-state index in [2.05, 4.69) is 18.3 Å². The van der Waals surface area contributed by atoms with Crippen LogP contribution in [0.15, 0.2) is 30.3 Å². The van der Waals surface area contributed by atoms with E-state index in [9.17, 15) is 19.6 Å². The number of likely N-dealkylation sites (tertiary alicyclic amines) is 1. The first kappa shape index (κ1) is 22.0. The number of carbonyl (C=O) groups is 3. The van der Waals surface area contributed by atoms with Crippen LogP contribution in [-0.4, -0.2) is 35.8 Å². The van der Waals surface area contributed by atoms with Crippen LogP contribution in [0.3, 0.4) is 0 Å². The van der Waals surface area contributed by atoms with Crippen LogP contribution in [0.2, 0.25) is 0 Å². The zero-order chi connectivity index (χ0) is 22.7. The van der Waals surface area contributed by atoms with E-state index in [4.69, 9.17) is 4.74 Å². The van der Waals surface area contributed by atoms with Gasteiger partial charge >= 0.3 is 5.97 Å². The SMILES string of the molecule is C[C@H]1CCc2c(sc(NC(=O)COC(=O)[C@@H]3CC(=O)N(Cc4ccccc4)C3)c2C#N)C1. The number of ether oxygens (including phenoxy) is 1. The van der Waals surface area contributed by atoms with E-state index in [0.29, 0.717) is 23.0 Å². The quantitative estimate of drug-likeness (QED) is 0.680. The van der Waals surface area contributed by atoms with Gasteiger partial charge in [0, 0.05) is 24.4 Å². The van der Waals surface area contributed by atoms with Gasteiger partial charge in [0.25, 0.3) is 5.91 Å². The molecule has 1 aromatic carbocycles. The fourth-order valence-electron chi connectivity index (χ4n) is 4.26. The number of esters is 1. The van der Waals surface area contributed by atoms with Gasteiger partial charge in [-0.3, -0.25) is 14.4 Å². The van der Waals surface area contributed by atoms with Crippen molar-refractivity contribution in [3.8, 4) is 6.07 Å². The molecule has 1 fully saturated rings. The molecule has 0 unspecified atom stereocenters. The molecule has 0 radical (unpaired) electrons. The van der Waals surface area contributed by atoms with Crippen molar-refractivity contribution in [3.05, 3.63) is 51.9 Å². The molecule has 7 nitrogen and oxygen atoms in total. The van der Waals surface area contributed by atoms with Crippen LogP contribution in [0.4, 0.5) is 5.00 Å². The van der Waals surface area contributed by atoms with E-state index in [1.807, 2.05) is 30.3 Å². The summed E-state index contributed by atoms with van der Waals surface area (Å²) in [5.74, 6) is -1.15. The van der Waals surface area contributed by atoms with Gasteiger partial charge in [-0.25, -0.2) is 0 Å². The van der Waals surface area contributed by atoms with Crippen molar-refractivity contribution < 1.29 is 19.1 Å². The van der Waals surface area contributed by atoms with Crippen LogP contribution in [-0.2, 0) is 38.5 Å². The molecule has 1 N–H and O–H groups in total. The zero-order valence-corrected chi connectivity index (χ0v) is 18.7. The van der Waals surface area contributed by atoms with Crippen molar-refractivity contribution in [1.29, 1.82) is 5.26 Å². The van der Waals surface area contributed by atoms with Gasteiger partial charge in [0.15, 0.2) is 6.61 Å². The standard InChI is InChI=1S/C24H25N3O4S/c1-15-7-8-18-19(11-25)23(32-20(18)9-15)26-21(28)14-31-24(30)17-10-22(29)27(13-17)12-16-5-3-2-4-6-16/h2-6,15,17H,7-10,12-14H2,1H3,(H,26,28)/t15-,17+/m0/s1. The number of fused-ring (bicyclic) bond motifs is 1. The number of nitrogens with one attached hydrogen (secondary N) is 1. The van der Waals surface area contributed by atoms with Crippen molar-refractivity contribution >= 4 is 34.1 Å². The number of nitrogens with zero attached hydrogens (tertiary/aromatic N) is 2. The van der Waals surface area contributed by atoms with Gasteiger partial charge in [0.1, 0.15) is 11.1 Å². The molecule has 1 aliphatic carbocycles. The molecule has 166 valence electrons. The molecule has 1 aromatic heterocycles. The number of hydrogen-bond donors (Lipinski definition) is 1. The lowest BCUT2D eigenvalue weighted by Crippen LogP contribution is -2.28. The van der Waals surface area contributed by atoms with Gasteiger partial charge in [-0.05, 0) is 36.3 Å². The largest absolute Gasteiger partial charge is 0.455 e. The number of nitriles is 1. The predicted molar refractivity (Wildman–Crippen MR) is 120 cm³/mol. The number of anilines is 1. The molecule has 0 bridgehead atoms. The highest BCUT2D eigenvalue weighted by atomic mass is 32.1. The molecule has 2 atom stereocenters. The van der Waals surface area contributed by atoms with Gasteiger partial charge in [0.05, 0.1) is 11.5 Å². The van der Waals surface area contributed by atoms with Gasteiger partial charge in [-0.2, -0.15) is 5.26 Å². The summed E-state index contributed by atoms with van der Waals surface area (Å²) in [5.41, 5.74) is 2.55. The third-order valence-corrected chi connectivity index (χ3v) is 7.16. The van der Waals surface area contributed by atoms with Gasteiger partial charge < -0.3 is 15.0 Å². The fraction of sp³-hybridized carbons (Fsp3) is 0.417. The molecule has 8 heteroatoms. The maximum absolute atomic E-state index is 12.4. The first-order chi connectivity index (χ1) is 15.4. The Bertz CT molecular complexity index is 1070. The van der Waals surface area contributed by atoms with Gasteiger partial charge in [0.2, 0.25) is 5.91 Å². The summed E-state index contributed by atoms with van der Waals surface area (Å²) in [6, 6.07) is 11.8. The summed E-state index contributed by atoms with van der Waals surface area (Å²) in [4.78, 5) is 39.9. The Kier molecular flexibility index (Phi) is 6.56. The molecule has 2 amide bonds. The predicted octanol–water partition coefficient (Wildman–Crippen LogP) is 3.27. The third kappa shape index (κ3) is 4.83. The lowest BCUT2D eigenvalue weighted by molar-refractivity contribution is -0.151. The maximum Gasteiger partial charge on any atom is 0.311 e. The van der Waals surface area contributed by atoms with Gasteiger partial charge in [-0.1, -0.05) is 37.3 Å². The minimum Gasteiger partial charge on any atom is -0.455 e. The Morgan fingerprint density at radius 1 is 1.28 bits per heavy atom. The lowest BCUT2D eigenvalue weighted by Gasteiger charge is -2.17. The molecule has 32 heavy (non-hydrogen) atoms. The summed E-state index contributed by atoms with van der Waals surface area (Å²) in [5, 5.41) is 12.8. The summed E-state index contributed by atoms with van der Waals surface area (Å²) in [6.07, 6.45) is 2.87. The van der Waals surface area contributed by atoms with Crippen molar-refractivity contribution in [2.45, 2.75) is 39.2 Å². The average Bonchev–Trinajstić information content (AvgIpc) is 3.31. The summed E-state index contributed by atoms with van der Waals surface area (Å²) < 4.78 is 5.19. The average molecular weight is 452 g/mol. The molecule has 0 saturated carbocycles. The van der Waals surface area contributed by atoms with Crippen molar-refractivity contribution in [3.63, 3.8) is 0 Å². The Labute approximate surface area is 191 Å². The van der Waals surface area contributed by atoms with Crippen LogP contribution >= 0.6 is 11.3 Å². The highest BCUT2D eigenvalue weighted by molar-refractivity contribution is 7.16. The molecule has 2 aliphatic rings. The fourth-order valence-corrected chi connectivity index (χ4v) is 5.64. The highest BCUT2D eigenvalue weighted by Crippen LogP contribution is 2.39. The summed E-state index contributed by atoms with van der Waals surface area (Å²) in [6.45, 7) is 2.47. The third-order valence-electron chi connectivity index (χ3n) is 5.99. The highest BCUT2D eigenvalue weighted by Gasteiger charge is 2.35. The second kappa shape index (κ2) is 9.53. The maximum atomic E-state index is 12.4. The molecule has 4 rings (SSSR count). The smallest absolute Gasteiger partial charge is 0.311 e. The van der Waals surface area contributed by atoms with Crippen LogP contribution in [0.1, 0.15) is 41.3 Å². The number of amides is 2. The second-order valence-electron chi connectivity index (χ2n) is 8.48.